The average Bonchev–Trinajstić information content (AvgIpc) is 2.96. The van der Waals surface area contributed by atoms with Crippen LogP contribution in [0.3, 0.4) is 0 Å². The van der Waals surface area contributed by atoms with Crippen LogP contribution in [-0.2, 0) is 9.59 Å². The van der Waals surface area contributed by atoms with Crippen molar-refractivity contribution in [1.29, 1.82) is 0 Å². The molecule has 1 aliphatic rings. The summed E-state index contributed by atoms with van der Waals surface area (Å²) >= 11 is 7.82. The summed E-state index contributed by atoms with van der Waals surface area (Å²) in [4.78, 5) is 24.2. The number of nitrogens with zero attached hydrogens (tertiary/aromatic N) is 1. The maximum absolute atomic E-state index is 11.3. The second-order valence-electron chi connectivity index (χ2n) is 2.92. The minimum atomic E-state index is -0.912. The number of hydrogen-bond donors (Lipinski definition) is 3. The molecule has 1 aliphatic heterocycles. The fourth-order valence-corrected chi connectivity index (χ4v) is 1.39. The predicted molar refractivity (Wildman–Crippen MR) is 56.2 cm³/mol. The molecule has 0 aromatic carbocycles. The first-order valence-electron chi connectivity index (χ1n) is 3.95. The summed E-state index contributed by atoms with van der Waals surface area (Å²) in [5, 5.41) is -0.912. The maximum Gasteiger partial charge on any atom is 0.243 e. The third-order valence-corrected chi connectivity index (χ3v) is 2.69. The number of Topliss-reactive ketones (excluding diaryl/α,β-unsaturated/α-hetero) is 1. The smallest absolute Gasteiger partial charge is 0.243 e. The van der Waals surface area contributed by atoms with E-state index in [1.807, 2.05) is 0 Å². The Kier molecular flexibility index (Phi) is 3.63. The zero-order valence-corrected chi connectivity index (χ0v) is 8.80. The first-order valence-corrected chi connectivity index (χ1v) is 5.10. The van der Waals surface area contributed by atoms with Gasteiger partial charge in [0.05, 0.1) is 6.04 Å². The molecule has 13 heavy (non-hydrogen) atoms. The molecule has 1 unspecified atom stereocenters. The zero-order chi connectivity index (χ0) is 10.0. The number of rotatable bonds is 4. The van der Waals surface area contributed by atoms with E-state index < -0.39 is 11.3 Å². The summed E-state index contributed by atoms with van der Waals surface area (Å²) in [6, 6.07) is -0.699. The van der Waals surface area contributed by atoms with E-state index in [4.69, 9.17) is 5.73 Å². The molecule has 1 heterocycles. The quantitative estimate of drug-likeness (QED) is 0.322. The van der Waals surface area contributed by atoms with Gasteiger partial charge in [-0.15, -0.1) is 0 Å². The van der Waals surface area contributed by atoms with Gasteiger partial charge in [0.1, 0.15) is 5.25 Å². The SMILES string of the molecule is N[C@@H](CS)C(=O)C(S)C(=O)N1CC1. The van der Waals surface area contributed by atoms with Crippen LogP contribution in [0.25, 0.3) is 0 Å². The van der Waals surface area contributed by atoms with Gasteiger partial charge in [-0.05, 0) is 0 Å². The topological polar surface area (TPSA) is 63.2 Å². The van der Waals surface area contributed by atoms with E-state index in [0.717, 1.165) is 13.1 Å². The van der Waals surface area contributed by atoms with Gasteiger partial charge >= 0.3 is 0 Å². The van der Waals surface area contributed by atoms with Gasteiger partial charge in [-0.25, -0.2) is 0 Å². The largest absolute Gasteiger partial charge is 0.338 e. The fraction of sp³-hybridized carbons (Fsp3) is 0.714. The number of ketones is 1. The molecule has 0 bridgehead atoms. The molecule has 2 atom stereocenters. The summed E-state index contributed by atoms with van der Waals surface area (Å²) in [7, 11) is 0. The van der Waals surface area contributed by atoms with Crippen molar-refractivity contribution in [2.24, 2.45) is 5.73 Å². The highest BCUT2D eigenvalue weighted by Crippen LogP contribution is 2.12. The Labute approximate surface area is 87.7 Å². The van der Waals surface area contributed by atoms with Crippen LogP contribution in [0.4, 0.5) is 0 Å². The maximum atomic E-state index is 11.3. The van der Waals surface area contributed by atoms with Gasteiger partial charge in [-0.1, -0.05) is 0 Å². The van der Waals surface area contributed by atoms with E-state index in [2.05, 4.69) is 25.3 Å². The highest BCUT2D eigenvalue weighted by molar-refractivity contribution is 7.82. The van der Waals surface area contributed by atoms with Gasteiger partial charge in [0.15, 0.2) is 5.78 Å². The van der Waals surface area contributed by atoms with Crippen LogP contribution < -0.4 is 5.73 Å². The van der Waals surface area contributed by atoms with Gasteiger partial charge in [0.2, 0.25) is 5.91 Å². The molecule has 1 rings (SSSR count). The molecule has 6 heteroatoms. The number of thiol groups is 2. The Balaban J connectivity index is 2.50. The fourth-order valence-electron chi connectivity index (χ4n) is 0.858. The normalized spacial score (nSPS) is 19.5. The molecule has 2 N–H and O–H groups in total. The lowest BCUT2D eigenvalue weighted by molar-refractivity contribution is -0.130. The van der Waals surface area contributed by atoms with E-state index >= 15 is 0 Å². The van der Waals surface area contributed by atoms with Crippen molar-refractivity contribution in [3.8, 4) is 0 Å². The molecule has 74 valence electrons. The third-order valence-electron chi connectivity index (χ3n) is 1.82. The van der Waals surface area contributed by atoms with E-state index in [1.165, 1.54) is 0 Å². The van der Waals surface area contributed by atoms with Gasteiger partial charge in [-0.3, -0.25) is 9.59 Å². The molecule has 4 nitrogen and oxygen atoms in total. The average molecular weight is 220 g/mol. The van der Waals surface area contributed by atoms with Crippen molar-refractivity contribution in [3.63, 3.8) is 0 Å². The van der Waals surface area contributed by atoms with Crippen LogP contribution in [0.2, 0.25) is 0 Å². The minimum absolute atomic E-state index is 0.239. The lowest BCUT2D eigenvalue weighted by Gasteiger charge is -2.12. The van der Waals surface area contributed by atoms with Crippen molar-refractivity contribution in [1.82, 2.24) is 4.90 Å². The van der Waals surface area contributed by atoms with Crippen LogP contribution in [0.15, 0.2) is 0 Å². The molecular formula is C7H12N2O2S2. The second-order valence-corrected chi connectivity index (χ2v) is 3.80. The van der Waals surface area contributed by atoms with Gasteiger partial charge in [-0.2, -0.15) is 25.3 Å². The monoisotopic (exact) mass is 220 g/mol. The third kappa shape index (κ3) is 2.62. The molecule has 1 amide bonds. The van der Waals surface area contributed by atoms with Crippen molar-refractivity contribution in [2.75, 3.05) is 18.8 Å². The molecule has 0 spiro atoms. The summed E-state index contributed by atoms with van der Waals surface area (Å²) in [6.45, 7) is 1.44. The summed E-state index contributed by atoms with van der Waals surface area (Å²) < 4.78 is 0. The highest BCUT2D eigenvalue weighted by atomic mass is 32.1. The van der Waals surface area contributed by atoms with Crippen molar-refractivity contribution in [2.45, 2.75) is 11.3 Å². The van der Waals surface area contributed by atoms with E-state index in [1.54, 1.807) is 4.90 Å². The molecule has 0 saturated carbocycles. The zero-order valence-electron chi connectivity index (χ0n) is 7.01. The molecule has 0 aromatic heterocycles. The van der Waals surface area contributed by atoms with Crippen molar-refractivity contribution < 1.29 is 9.59 Å². The van der Waals surface area contributed by atoms with E-state index in [-0.39, 0.29) is 17.4 Å². The Morgan fingerprint density at radius 1 is 1.46 bits per heavy atom. The number of carbonyl (C=O) groups excluding carboxylic acids is 2. The van der Waals surface area contributed by atoms with E-state index in [0.29, 0.717) is 0 Å². The Hall–Kier alpha value is -0.200. The molecular weight excluding hydrogens is 208 g/mol. The molecule has 1 fully saturated rings. The van der Waals surface area contributed by atoms with Gasteiger partial charge < -0.3 is 10.6 Å². The number of nitrogens with two attached hydrogens (primary N) is 1. The van der Waals surface area contributed by atoms with Crippen LogP contribution in [0.5, 0.6) is 0 Å². The van der Waals surface area contributed by atoms with Crippen LogP contribution >= 0.6 is 25.3 Å². The van der Waals surface area contributed by atoms with Gasteiger partial charge in [0, 0.05) is 18.8 Å². The van der Waals surface area contributed by atoms with E-state index in [9.17, 15) is 9.59 Å². The summed E-state index contributed by atoms with van der Waals surface area (Å²) in [5.74, 6) is -0.357. The van der Waals surface area contributed by atoms with Crippen LogP contribution in [0.1, 0.15) is 0 Å². The van der Waals surface area contributed by atoms with Crippen LogP contribution in [0, 0.1) is 0 Å². The minimum Gasteiger partial charge on any atom is -0.338 e. The van der Waals surface area contributed by atoms with Crippen molar-refractivity contribution in [3.05, 3.63) is 0 Å². The first-order chi connectivity index (χ1) is 6.07. The van der Waals surface area contributed by atoms with Crippen molar-refractivity contribution >= 4 is 36.9 Å². The Morgan fingerprint density at radius 2 is 2.00 bits per heavy atom. The summed E-state index contributed by atoms with van der Waals surface area (Å²) in [6.07, 6.45) is 0. The number of amides is 1. The number of carbonyl (C=O) groups is 2. The molecule has 0 radical (unpaired) electrons. The summed E-state index contributed by atoms with van der Waals surface area (Å²) in [5.41, 5.74) is 5.43. The predicted octanol–water partition coefficient (Wildman–Crippen LogP) is -1.05. The van der Waals surface area contributed by atoms with Crippen LogP contribution in [-0.4, -0.2) is 46.7 Å². The van der Waals surface area contributed by atoms with Gasteiger partial charge in [0.25, 0.3) is 0 Å². The highest BCUT2D eigenvalue weighted by Gasteiger charge is 2.34. The Morgan fingerprint density at radius 3 is 2.38 bits per heavy atom. The second kappa shape index (κ2) is 4.34. The standard InChI is InChI=1S/C7H12N2O2S2/c8-4(3-12)5(10)6(13)7(11)9-1-2-9/h4,6,12-13H,1-3,8H2/t4-,6?/m0/s1. The lowest BCUT2D eigenvalue weighted by Crippen LogP contribution is -2.42. The number of hydrogen-bond acceptors (Lipinski definition) is 5. The Bertz CT molecular complexity index is 231. The molecule has 0 aliphatic carbocycles. The molecule has 0 aromatic rings. The molecule has 1 saturated heterocycles. The lowest BCUT2D eigenvalue weighted by atomic mass is 10.1. The first kappa shape index (κ1) is 10.9.